The zero-order chi connectivity index (χ0) is 33.4. The van der Waals surface area contributed by atoms with Crippen LogP contribution in [0.3, 0.4) is 0 Å². The molecule has 1 heterocycles. The number of carbonyl (C=O) groups is 1. The highest BCUT2D eigenvalue weighted by atomic mass is 32.2. The number of phenols is 1. The highest BCUT2D eigenvalue weighted by Crippen LogP contribution is 2.45. The SMILES string of the molecule is Cc1ccccc1Nc1nc(O)nc(Nc2cc(S(=O)(=O)O)cc3cc(S(=O)(=O)O)c(/N=N/c4ccccc4C(=O)O)c(O)c23)n1. The number of hydrogen-bond donors (Lipinski definition) is 7. The summed E-state index contributed by atoms with van der Waals surface area (Å²) in [5.74, 6) is -2.89. The molecule has 0 spiro atoms. The van der Waals surface area contributed by atoms with E-state index in [-0.39, 0.29) is 33.7 Å². The number of carboxylic acids is 1. The molecule has 7 N–H and O–H groups in total. The standard InChI is InChI=1S/C27H21N7O10S2/c1-13-6-2-4-8-17(13)28-25-30-26(32-27(38)31-25)29-19-12-15(45(39,40)41)10-14-11-20(46(42,43)44)22(23(35)21(14)19)34-33-18-9-5-3-7-16(18)24(36)37/h2-12,35H,1H3,(H,36,37)(H,39,40,41)(H,42,43,44)(H3,28,29,30,31,32,38)/b34-33+. The molecule has 0 aliphatic rings. The summed E-state index contributed by atoms with van der Waals surface area (Å²) in [4.78, 5) is 21.5. The Labute approximate surface area is 259 Å². The summed E-state index contributed by atoms with van der Waals surface area (Å²) in [6.45, 7) is 1.80. The van der Waals surface area contributed by atoms with Crippen LogP contribution in [0, 0.1) is 6.92 Å². The largest absolute Gasteiger partial charge is 0.505 e. The maximum absolute atomic E-state index is 12.3. The van der Waals surface area contributed by atoms with E-state index in [1.54, 1.807) is 31.2 Å². The van der Waals surface area contributed by atoms with Crippen molar-refractivity contribution < 1.29 is 46.1 Å². The van der Waals surface area contributed by atoms with Crippen LogP contribution in [0.1, 0.15) is 15.9 Å². The van der Waals surface area contributed by atoms with Gasteiger partial charge in [0.05, 0.1) is 16.1 Å². The summed E-state index contributed by atoms with van der Waals surface area (Å²) < 4.78 is 68.7. The zero-order valence-electron chi connectivity index (χ0n) is 23.2. The lowest BCUT2D eigenvalue weighted by atomic mass is 10.1. The van der Waals surface area contributed by atoms with Gasteiger partial charge in [0.2, 0.25) is 11.9 Å². The molecule has 46 heavy (non-hydrogen) atoms. The maximum atomic E-state index is 12.3. The summed E-state index contributed by atoms with van der Waals surface area (Å²) in [5, 5.41) is 43.3. The Kier molecular flexibility index (Phi) is 8.24. The van der Waals surface area contributed by atoms with Crippen LogP contribution in [0.5, 0.6) is 11.8 Å². The number of para-hydroxylation sites is 1. The Morgan fingerprint density at radius 3 is 2.04 bits per heavy atom. The van der Waals surface area contributed by atoms with E-state index in [0.717, 1.165) is 23.8 Å². The highest BCUT2D eigenvalue weighted by molar-refractivity contribution is 7.86. The number of carboxylic acid groups (broad SMARTS) is 1. The van der Waals surface area contributed by atoms with Crippen molar-refractivity contribution in [3.63, 3.8) is 0 Å². The lowest BCUT2D eigenvalue weighted by Crippen LogP contribution is -2.06. The average molecular weight is 668 g/mol. The van der Waals surface area contributed by atoms with Crippen molar-refractivity contribution >= 4 is 71.6 Å². The smallest absolute Gasteiger partial charge is 0.337 e. The maximum Gasteiger partial charge on any atom is 0.337 e. The number of anilines is 4. The molecule has 4 aromatic carbocycles. The molecule has 0 bridgehead atoms. The van der Waals surface area contributed by atoms with Gasteiger partial charge in [-0.05, 0) is 54.3 Å². The minimum Gasteiger partial charge on any atom is -0.505 e. The van der Waals surface area contributed by atoms with E-state index in [1.165, 1.54) is 24.3 Å². The van der Waals surface area contributed by atoms with Crippen LogP contribution in [0.4, 0.5) is 34.6 Å². The molecule has 236 valence electrons. The first kappa shape index (κ1) is 31.7. The number of fused-ring (bicyclic) bond motifs is 1. The molecule has 0 aliphatic heterocycles. The molecule has 0 unspecified atom stereocenters. The third-order valence-electron chi connectivity index (χ3n) is 6.35. The number of aromatic hydroxyl groups is 2. The van der Waals surface area contributed by atoms with Crippen LogP contribution in [0.25, 0.3) is 10.8 Å². The lowest BCUT2D eigenvalue weighted by Gasteiger charge is -2.15. The first-order valence-corrected chi connectivity index (χ1v) is 15.6. The van der Waals surface area contributed by atoms with E-state index in [4.69, 9.17) is 0 Å². The predicted molar refractivity (Wildman–Crippen MR) is 162 cm³/mol. The molecule has 17 nitrogen and oxygen atoms in total. The molecule has 0 saturated carbocycles. The molecule has 19 heteroatoms. The summed E-state index contributed by atoms with van der Waals surface area (Å²) in [6.07, 6.45) is 0. The minimum absolute atomic E-state index is 0.149. The molecule has 0 saturated heterocycles. The number of rotatable bonds is 9. The van der Waals surface area contributed by atoms with Crippen molar-refractivity contribution in [1.29, 1.82) is 0 Å². The monoisotopic (exact) mass is 667 g/mol. The lowest BCUT2D eigenvalue weighted by molar-refractivity contribution is 0.0697. The van der Waals surface area contributed by atoms with Crippen LogP contribution >= 0.6 is 0 Å². The van der Waals surface area contributed by atoms with Gasteiger partial charge in [-0.25, -0.2) is 4.79 Å². The average Bonchev–Trinajstić information content (AvgIpc) is 2.96. The van der Waals surface area contributed by atoms with Crippen molar-refractivity contribution in [2.45, 2.75) is 16.7 Å². The van der Waals surface area contributed by atoms with Crippen LogP contribution in [0.15, 0.2) is 86.7 Å². The third-order valence-corrected chi connectivity index (χ3v) is 8.05. The molecular formula is C27H21N7O10S2. The highest BCUT2D eigenvalue weighted by Gasteiger charge is 2.26. The number of aromatic carboxylic acids is 1. The van der Waals surface area contributed by atoms with Gasteiger partial charge >= 0.3 is 12.0 Å². The Bertz CT molecular complexity index is 2300. The molecule has 5 aromatic rings. The van der Waals surface area contributed by atoms with Gasteiger partial charge in [0.25, 0.3) is 20.2 Å². The Morgan fingerprint density at radius 1 is 0.783 bits per heavy atom. The summed E-state index contributed by atoms with van der Waals surface area (Å²) in [6, 6.07) is 14.0. The molecular weight excluding hydrogens is 646 g/mol. The van der Waals surface area contributed by atoms with E-state index in [0.29, 0.717) is 5.69 Å². The molecule has 0 atom stereocenters. The second-order valence-corrected chi connectivity index (χ2v) is 12.3. The van der Waals surface area contributed by atoms with Crippen LogP contribution in [0.2, 0.25) is 0 Å². The normalized spacial score (nSPS) is 12.0. The number of nitrogens with zero attached hydrogens (tertiary/aromatic N) is 5. The van der Waals surface area contributed by atoms with Gasteiger partial charge < -0.3 is 26.0 Å². The van der Waals surface area contributed by atoms with Gasteiger partial charge in [-0.2, -0.15) is 31.8 Å². The van der Waals surface area contributed by atoms with Crippen molar-refractivity contribution in [3.8, 4) is 11.8 Å². The number of hydrogen-bond acceptors (Lipinski definition) is 14. The summed E-state index contributed by atoms with van der Waals surface area (Å²) in [7, 11) is -10.1. The Hall–Kier alpha value is -5.76. The number of azo groups is 1. The number of nitrogens with one attached hydrogen (secondary N) is 2. The molecule has 0 radical (unpaired) electrons. The fourth-order valence-electron chi connectivity index (χ4n) is 4.28. The van der Waals surface area contributed by atoms with Gasteiger partial charge in [-0.3, -0.25) is 9.11 Å². The molecule has 5 rings (SSSR count). The van der Waals surface area contributed by atoms with Crippen LogP contribution in [-0.2, 0) is 20.2 Å². The summed E-state index contributed by atoms with van der Waals surface area (Å²) in [5.41, 5.74) is -0.364. The van der Waals surface area contributed by atoms with Crippen molar-refractivity contribution in [3.05, 3.63) is 77.9 Å². The van der Waals surface area contributed by atoms with E-state index in [1.807, 2.05) is 0 Å². The van der Waals surface area contributed by atoms with Gasteiger partial charge in [-0.15, -0.1) is 10.2 Å². The van der Waals surface area contributed by atoms with Crippen molar-refractivity contribution in [1.82, 2.24) is 15.0 Å². The van der Waals surface area contributed by atoms with Gasteiger partial charge in [0.15, 0.2) is 5.75 Å². The second kappa shape index (κ2) is 12.0. The number of phenolic OH excluding ortho intramolecular Hbond substituents is 1. The molecule has 0 fully saturated rings. The van der Waals surface area contributed by atoms with E-state index >= 15 is 0 Å². The Balaban J connectivity index is 1.72. The minimum atomic E-state index is -5.18. The number of benzene rings is 4. The second-order valence-electron chi connectivity index (χ2n) is 9.46. The van der Waals surface area contributed by atoms with Crippen LogP contribution in [-0.4, -0.2) is 62.2 Å². The molecule has 1 aromatic heterocycles. The molecule has 0 amide bonds. The number of aromatic nitrogens is 3. The quantitative estimate of drug-likeness (QED) is 0.0818. The molecule has 0 aliphatic carbocycles. The van der Waals surface area contributed by atoms with Gasteiger partial charge in [0.1, 0.15) is 16.3 Å². The summed E-state index contributed by atoms with van der Waals surface area (Å²) >= 11 is 0. The van der Waals surface area contributed by atoms with E-state index in [2.05, 4.69) is 35.8 Å². The van der Waals surface area contributed by atoms with E-state index < -0.39 is 59.4 Å². The fraction of sp³-hybridized carbons (Fsp3) is 0.0370. The van der Waals surface area contributed by atoms with Crippen molar-refractivity contribution in [2.24, 2.45) is 10.2 Å². The topological polar surface area (TPSA) is 274 Å². The number of aryl methyl sites for hydroxylation is 1. The van der Waals surface area contributed by atoms with Crippen LogP contribution < -0.4 is 10.6 Å². The zero-order valence-corrected chi connectivity index (χ0v) is 24.8. The first-order chi connectivity index (χ1) is 21.6. The predicted octanol–water partition coefficient (Wildman–Crippen LogP) is 4.84. The van der Waals surface area contributed by atoms with Gasteiger partial charge in [-0.1, -0.05) is 30.3 Å². The fourth-order valence-corrected chi connectivity index (χ4v) is 5.48. The Morgan fingerprint density at radius 2 is 1.41 bits per heavy atom. The first-order valence-electron chi connectivity index (χ1n) is 12.7. The van der Waals surface area contributed by atoms with E-state index in [9.17, 15) is 46.1 Å². The van der Waals surface area contributed by atoms with Gasteiger partial charge in [0, 0.05) is 11.1 Å². The van der Waals surface area contributed by atoms with Crippen molar-refractivity contribution in [2.75, 3.05) is 10.6 Å². The third kappa shape index (κ3) is 6.66.